The van der Waals surface area contributed by atoms with Crippen LogP contribution in [0.4, 0.5) is 0 Å². The molecule has 4 heteroatoms. The summed E-state index contributed by atoms with van der Waals surface area (Å²) in [4.78, 5) is 22.0. The lowest BCUT2D eigenvalue weighted by Gasteiger charge is -2.23. The predicted molar refractivity (Wildman–Crippen MR) is 75.2 cm³/mol. The first-order chi connectivity index (χ1) is 9.02. The second-order valence-corrected chi connectivity index (χ2v) is 5.28. The molecule has 0 fully saturated rings. The van der Waals surface area contributed by atoms with Gasteiger partial charge in [0.25, 0.3) is 0 Å². The van der Waals surface area contributed by atoms with Crippen molar-refractivity contribution >= 4 is 11.9 Å². The van der Waals surface area contributed by atoms with Crippen LogP contribution in [0.1, 0.15) is 71.6 Å². The number of rotatable bonds is 12. The first-order valence-electron chi connectivity index (χ1n) is 7.47. The average molecular weight is 272 g/mol. The van der Waals surface area contributed by atoms with Crippen LogP contribution in [0.25, 0.3) is 0 Å². The van der Waals surface area contributed by atoms with E-state index in [9.17, 15) is 14.7 Å². The van der Waals surface area contributed by atoms with Crippen molar-refractivity contribution in [3.8, 4) is 0 Å². The summed E-state index contributed by atoms with van der Waals surface area (Å²) in [5.41, 5.74) is 0. The zero-order chi connectivity index (χ0) is 14.7. The molecular formula is C15H28O4. The smallest absolute Gasteiger partial charge is 0.306 e. The van der Waals surface area contributed by atoms with E-state index in [1.165, 1.54) is 0 Å². The molecule has 0 saturated carbocycles. The molecule has 0 bridgehead atoms. The van der Waals surface area contributed by atoms with Crippen LogP contribution in [-0.2, 0) is 9.59 Å². The summed E-state index contributed by atoms with van der Waals surface area (Å²) in [7, 11) is 0. The molecule has 0 aliphatic heterocycles. The highest BCUT2D eigenvalue weighted by atomic mass is 16.4. The van der Waals surface area contributed by atoms with Crippen LogP contribution in [0.15, 0.2) is 0 Å². The highest BCUT2D eigenvalue weighted by Gasteiger charge is 2.27. The van der Waals surface area contributed by atoms with Crippen molar-refractivity contribution in [3.05, 3.63) is 0 Å². The molecule has 0 aromatic rings. The van der Waals surface area contributed by atoms with E-state index in [1.807, 2.05) is 6.92 Å². The Morgan fingerprint density at radius 3 is 2.05 bits per heavy atom. The van der Waals surface area contributed by atoms with Crippen molar-refractivity contribution in [2.75, 3.05) is 0 Å². The van der Waals surface area contributed by atoms with Crippen molar-refractivity contribution in [1.29, 1.82) is 0 Å². The lowest BCUT2D eigenvalue weighted by molar-refractivity contribution is -0.145. The standard InChI is InChI=1S/C15H28O4/c1-3-5-6-7-9-12(10-11-14(16)17)13(8-4-2)15(18)19/h12-13H,3-11H2,1-2H3,(H,16,17)(H,18,19). The van der Waals surface area contributed by atoms with Gasteiger partial charge in [0.2, 0.25) is 0 Å². The largest absolute Gasteiger partial charge is 0.481 e. The van der Waals surface area contributed by atoms with Crippen molar-refractivity contribution in [2.24, 2.45) is 11.8 Å². The summed E-state index contributed by atoms with van der Waals surface area (Å²) in [6.45, 7) is 4.11. The molecule has 0 saturated heterocycles. The van der Waals surface area contributed by atoms with Crippen LogP contribution in [0, 0.1) is 11.8 Å². The van der Waals surface area contributed by atoms with Gasteiger partial charge >= 0.3 is 11.9 Å². The molecule has 112 valence electrons. The van der Waals surface area contributed by atoms with Crippen molar-refractivity contribution < 1.29 is 19.8 Å². The Bertz CT molecular complexity index is 263. The van der Waals surface area contributed by atoms with E-state index in [2.05, 4.69) is 6.92 Å². The second kappa shape index (κ2) is 10.8. The van der Waals surface area contributed by atoms with Gasteiger partial charge in [-0.05, 0) is 25.2 Å². The lowest BCUT2D eigenvalue weighted by atomic mass is 9.81. The SMILES string of the molecule is CCCCCCC(CCC(=O)O)C(CCC)C(=O)O. The molecule has 2 N–H and O–H groups in total. The molecule has 0 aliphatic rings. The molecule has 4 nitrogen and oxygen atoms in total. The minimum atomic E-state index is -0.834. The third-order valence-corrected chi connectivity index (χ3v) is 3.64. The summed E-state index contributed by atoms with van der Waals surface area (Å²) in [6.07, 6.45) is 7.30. The number of carbonyl (C=O) groups is 2. The highest BCUT2D eigenvalue weighted by Crippen LogP contribution is 2.28. The number of aliphatic carboxylic acids is 2. The summed E-state index contributed by atoms with van der Waals surface area (Å²) >= 11 is 0. The minimum absolute atomic E-state index is 0.00501. The average Bonchev–Trinajstić information content (AvgIpc) is 2.35. The van der Waals surface area contributed by atoms with E-state index in [4.69, 9.17) is 5.11 Å². The summed E-state index contributed by atoms with van der Waals surface area (Å²) in [6, 6.07) is 0. The first-order valence-corrected chi connectivity index (χ1v) is 7.47. The van der Waals surface area contributed by atoms with Gasteiger partial charge in [0, 0.05) is 6.42 Å². The topological polar surface area (TPSA) is 74.6 Å². The van der Waals surface area contributed by atoms with Crippen molar-refractivity contribution in [1.82, 2.24) is 0 Å². The Morgan fingerprint density at radius 1 is 0.895 bits per heavy atom. The third kappa shape index (κ3) is 8.62. The Balaban J connectivity index is 4.42. The number of hydrogen-bond donors (Lipinski definition) is 2. The molecule has 0 amide bonds. The fourth-order valence-corrected chi connectivity index (χ4v) is 2.56. The molecule has 0 spiro atoms. The zero-order valence-electron chi connectivity index (χ0n) is 12.2. The number of carboxylic acid groups (broad SMARTS) is 2. The number of unbranched alkanes of at least 4 members (excludes halogenated alkanes) is 3. The maximum atomic E-state index is 11.3. The van der Waals surface area contributed by atoms with Gasteiger partial charge in [0.15, 0.2) is 0 Å². The third-order valence-electron chi connectivity index (χ3n) is 3.64. The molecule has 0 aliphatic carbocycles. The van der Waals surface area contributed by atoms with E-state index >= 15 is 0 Å². The van der Waals surface area contributed by atoms with Crippen LogP contribution in [0.3, 0.4) is 0 Å². The lowest BCUT2D eigenvalue weighted by Crippen LogP contribution is -2.24. The molecule has 0 heterocycles. The monoisotopic (exact) mass is 272 g/mol. The molecular weight excluding hydrogens is 244 g/mol. The van der Waals surface area contributed by atoms with Crippen LogP contribution in [0.5, 0.6) is 0 Å². The summed E-state index contributed by atoms with van der Waals surface area (Å²) < 4.78 is 0. The minimum Gasteiger partial charge on any atom is -0.481 e. The fourth-order valence-electron chi connectivity index (χ4n) is 2.56. The molecule has 19 heavy (non-hydrogen) atoms. The van der Waals surface area contributed by atoms with E-state index in [0.29, 0.717) is 12.8 Å². The zero-order valence-corrected chi connectivity index (χ0v) is 12.2. The Kier molecular flexibility index (Phi) is 10.2. The van der Waals surface area contributed by atoms with E-state index in [1.54, 1.807) is 0 Å². The van der Waals surface area contributed by atoms with Crippen LogP contribution in [0.2, 0.25) is 0 Å². The van der Waals surface area contributed by atoms with Crippen LogP contribution < -0.4 is 0 Å². The molecule has 2 unspecified atom stereocenters. The fraction of sp³-hybridized carbons (Fsp3) is 0.867. The van der Waals surface area contributed by atoms with Gasteiger partial charge in [0.05, 0.1) is 5.92 Å². The van der Waals surface area contributed by atoms with Gasteiger partial charge in [-0.2, -0.15) is 0 Å². The van der Waals surface area contributed by atoms with E-state index in [0.717, 1.165) is 38.5 Å². The number of hydrogen-bond acceptors (Lipinski definition) is 2. The highest BCUT2D eigenvalue weighted by molar-refractivity contribution is 5.70. The van der Waals surface area contributed by atoms with Gasteiger partial charge in [-0.1, -0.05) is 46.0 Å². The van der Waals surface area contributed by atoms with Crippen molar-refractivity contribution in [3.63, 3.8) is 0 Å². The second-order valence-electron chi connectivity index (χ2n) is 5.28. The van der Waals surface area contributed by atoms with E-state index < -0.39 is 11.9 Å². The van der Waals surface area contributed by atoms with E-state index in [-0.39, 0.29) is 18.3 Å². The molecule has 0 rings (SSSR count). The van der Waals surface area contributed by atoms with Gasteiger partial charge in [-0.15, -0.1) is 0 Å². The maximum Gasteiger partial charge on any atom is 0.306 e. The molecule has 0 radical (unpaired) electrons. The van der Waals surface area contributed by atoms with Gasteiger partial charge < -0.3 is 10.2 Å². The summed E-state index contributed by atoms with van der Waals surface area (Å²) in [5, 5.41) is 18.1. The van der Waals surface area contributed by atoms with Gasteiger partial charge in [-0.25, -0.2) is 0 Å². The first kappa shape index (κ1) is 17.9. The van der Waals surface area contributed by atoms with Crippen LogP contribution in [-0.4, -0.2) is 22.2 Å². The predicted octanol–water partition coefficient (Wildman–Crippen LogP) is 3.94. The van der Waals surface area contributed by atoms with Crippen LogP contribution >= 0.6 is 0 Å². The Labute approximate surface area is 116 Å². The Morgan fingerprint density at radius 2 is 1.58 bits per heavy atom. The van der Waals surface area contributed by atoms with Gasteiger partial charge in [0.1, 0.15) is 0 Å². The quantitative estimate of drug-likeness (QED) is 0.528. The number of carboxylic acids is 2. The Hall–Kier alpha value is -1.06. The van der Waals surface area contributed by atoms with Crippen molar-refractivity contribution in [2.45, 2.75) is 71.6 Å². The summed E-state index contributed by atoms with van der Waals surface area (Å²) in [5.74, 6) is -1.98. The maximum absolute atomic E-state index is 11.3. The molecule has 0 aromatic carbocycles. The molecule has 0 aromatic heterocycles. The normalized spacial score (nSPS) is 14.0. The van der Waals surface area contributed by atoms with Gasteiger partial charge in [-0.3, -0.25) is 9.59 Å². The molecule has 2 atom stereocenters.